The molecule has 0 bridgehead atoms. The van der Waals surface area contributed by atoms with Crippen LogP contribution in [0.1, 0.15) is 13.8 Å². The summed E-state index contributed by atoms with van der Waals surface area (Å²) in [5.74, 6) is -0.724. The molecule has 1 aromatic carbocycles. The second kappa shape index (κ2) is 7.62. The van der Waals surface area contributed by atoms with Crippen molar-refractivity contribution in [3.8, 4) is 0 Å². The fourth-order valence-electron chi connectivity index (χ4n) is 1.73. The topological polar surface area (TPSA) is 134 Å². The third-order valence-corrected chi connectivity index (χ3v) is 4.22. The van der Waals surface area contributed by atoms with E-state index in [9.17, 15) is 18.3 Å². The minimum absolute atomic E-state index is 0.0143. The van der Waals surface area contributed by atoms with Crippen LogP contribution < -0.4 is 4.72 Å². The Labute approximate surface area is 144 Å². The summed E-state index contributed by atoms with van der Waals surface area (Å²) in [5.41, 5.74) is 0.148. The van der Waals surface area contributed by atoms with Crippen molar-refractivity contribution in [2.24, 2.45) is 10.2 Å². The number of aliphatic hydroxyl groups excluding tert-OH is 1. The molecule has 1 aromatic heterocycles. The van der Waals surface area contributed by atoms with Gasteiger partial charge in [-0.15, -0.1) is 5.11 Å². The van der Waals surface area contributed by atoms with Crippen molar-refractivity contribution < 1.29 is 18.3 Å². The Kier molecular flexibility index (Phi) is 5.55. The number of azo groups is 1. The van der Waals surface area contributed by atoms with E-state index in [1.54, 1.807) is 6.07 Å². The molecule has 0 aliphatic carbocycles. The third kappa shape index (κ3) is 4.91. The first-order valence-corrected chi connectivity index (χ1v) is 8.50. The van der Waals surface area contributed by atoms with Crippen LogP contribution in [-0.2, 0) is 14.8 Å². The van der Waals surface area contributed by atoms with Gasteiger partial charge in [0, 0.05) is 19.3 Å². The first-order chi connectivity index (χ1) is 11.8. The van der Waals surface area contributed by atoms with Gasteiger partial charge in [0.25, 0.3) is 10.0 Å². The molecule has 0 saturated carbocycles. The summed E-state index contributed by atoms with van der Waals surface area (Å²) in [4.78, 5) is 18.9. The largest absolute Gasteiger partial charge is 0.510 e. The number of nitrogens with zero attached hydrogens (tertiary/aromatic N) is 4. The number of benzene rings is 1. The minimum atomic E-state index is -3.84. The standard InChI is InChI=1S/C15H15N5O4S/c1-10(21)14(11(2)22)19-18-12-4-6-13(7-5-12)25(23,24)20-15-16-8-3-9-17-15/h3-9,21H,1-2H3,(H,16,17,20)/b14-10-,19-18?. The SMILES string of the molecule is CC(=O)/C(N=Nc1ccc(S(=O)(=O)Nc2ncccn2)cc1)=C(\C)O. The molecule has 2 aromatic rings. The highest BCUT2D eigenvalue weighted by atomic mass is 32.2. The summed E-state index contributed by atoms with van der Waals surface area (Å²) >= 11 is 0. The predicted molar refractivity (Wildman–Crippen MR) is 89.8 cm³/mol. The van der Waals surface area contributed by atoms with E-state index in [2.05, 4.69) is 24.9 Å². The molecule has 2 N–H and O–H groups in total. The molecule has 10 heteroatoms. The van der Waals surface area contributed by atoms with Gasteiger partial charge in [-0.1, -0.05) is 0 Å². The summed E-state index contributed by atoms with van der Waals surface area (Å²) < 4.78 is 26.7. The summed E-state index contributed by atoms with van der Waals surface area (Å²) in [6.45, 7) is 2.57. The van der Waals surface area contributed by atoms with E-state index < -0.39 is 15.8 Å². The van der Waals surface area contributed by atoms with Crippen LogP contribution in [0.15, 0.2) is 69.3 Å². The molecular weight excluding hydrogens is 346 g/mol. The van der Waals surface area contributed by atoms with E-state index >= 15 is 0 Å². The first kappa shape index (κ1) is 18.2. The molecule has 130 valence electrons. The molecule has 1 heterocycles. The second-order valence-electron chi connectivity index (χ2n) is 4.86. The normalized spacial score (nSPS) is 12.7. The maximum Gasteiger partial charge on any atom is 0.264 e. The highest BCUT2D eigenvalue weighted by Gasteiger charge is 2.15. The molecular formula is C15H15N5O4S. The van der Waals surface area contributed by atoms with Gasteiger partial charge in [-0.3, -0.25) is 4.79 Å². The number of hydrogen-bond acceptors (Lipinski definition) is 8. The molecule has 0 atom stereocenters. The fourth-order valence-corrected chi connectivity index (χ4v) is 2.69. The van der Waals surface area contributed by atoms with E-state index in [0.29, 0.717) is 5.69 Å². The molecule has 0 fully saturated rings. The molecule has 0 aliphatic rings. The maximum absolute atomic E-state index is 12.2. The number of anilines is 1. The highest BCUT2D eigenvalue weighted by Crippen LogP contribution is 2.19. The number of hydrogen-bond donors (Lipinski definition) is 2. The predicted octanol–water partition coefficient (Wildman–Crippen LogP) is 2.74. The zero-order valence-corrected chi connectivity index (χ0v) is 14.2. The van der Waals surface area contributed by atoms with Crippen LogP contribution in [0.3, 0.4) is 0 Å². The average molecular weight is 361 g/mol. The number of sulfonamides is 1. The van der Waals surface area contributed by atoms with Crippen LogP contribution in [0.2, 0.25) is 0 Å². The number of Topliss-reactive ketones (excluding diaryl/α,β-unsaturated/α-hetero) is 1. The molecule has 0 saturated heterocycles. The number of ketones is 1. The first-order valence-electron chi connectivity index (χ1n) is 7.02. The van der Waals surface area contributed by atoms with Gasteiger partial charge in [0.1, 0.15) is 5.76 Å². The Morgan fingerprint density at radius 1 is 1.12 bits per heavy atom. The van der Waals surface area contributed by atoms with Crippen molar-refractivity contribution in [1.82, 2.24) is 9.97 Å². The Morgan fingerprint density at radius 2 is 1.72 bits per heavy atom. The number of carbonyl (C=O) groups is 1. The van der Waals surface area contributed by atoms with Gasteiger partial charge >= 0.3 is 0 Å². The summed E-state index contributed by atoms with van der Waals surface area (Å²) in [6, 6.07) is 7.03. The van der Waals surface area contributed by atoms with Crippen molar-refractivity contribution in [1.29, 1.82) is 0 Å². The van der Waals surface area contributed by atoms with Crippen LogP contribution >= 0.6 is 0 Å². The zero-order valence-electron chi connectivity index (χ0n) is 13.4. The fraction of sp³-hybridized carbons (Fsp3) is 0.133. The van der Waals surface area contributed by atoms with E-state index in [0.717, 1.165) is 0 Å². The third-order valence-electron chi connectivity index (χ3n) is 2.88. The van der Waals surface area contributed by atoms with Gasteiger partial charge in [0.05, 0.1) is 10.6 Å². The molecule has 9 nitrogen and oxygen atoms in total. The van der Waals surface area contributed by atoms with Crippen LogP contribution in [0.4, 0.5) is 11.6 Å². The lowest BCUT2D eigenvalue weighted by atomic mass is 10.3. The lowest BCUT2D eigenvalue weighted by molar-refractivity contribution is -0.113. The van der Waals surface area contributed by atoms with Gasteiger partial charge in [-0.2, -0.15) is 5.11 Å². The monoisotopic (exact) mass is 361 g/mol. The number of nitrogens with one attached hydrogen (secondary N) is 1. The molecule has 2 rings (SSSR count). The Bertz CT molecular complexity index is 918. The Hall–Kier alpha value is -3.14. The summed E-state index contributed by atoms with van der Waals surface area (Å²) in [5, 5.41) is 16.8. The van der Waals surface area contributed by atoms with Crippen LogP contribution in [0, 0.1) is 0 Å². The van der Waals surface area contributed by atoms with E-state index in [1.807, 2.05) is 0 Å². The summed E-state index contributed by atoms with van der Waals surface area (Å²) in [6.07, 6.45) is 2.83. The van der Waals surface area contributed by atoms with E-state index in [-0.39, 0.29) is 22.3 Å². The molecule has 0 spiro atoms. The van der Waals surface area contributed by atoms with Gasteiger partial charge in [-0.25, -0.2) is 23.1 Å². The van der Waals surface area contributed by atoms with Crippen molar-refractivity contribution in [2.45, 2.75) is 18.7 Å². The van der Waals surface area contributed by atoms with Crippen LogP contribution in [-0.4, -0.2) is 29.3 Å². The lowest BCUT2D eigenvalue weighted by Crippen LogP contribution is -2.14. The molecule has 25 heavy (non-hydrogen) atoms. The molecule has 0 aliphatic heterocycles. The number of rotatable bonds is 6. The van der Waals surface area contributed by atoms with Crippen molar-refractivity contribution in [3.63, 3.8) is 0 Å². The van der Waals surface area contributed by atoms with Crippen LogP contribution in [0.5, 0.6) is 0 Å². The Balaban J connectivity index is 2.19. The van der Waals surface area contributed by atoms with E-state index in [4.69, 9.17) is 0 Å². The lowest BCUT2D eigenvalue weighted by Gasteiger charge is -2.06. The van der Waals surface area contributed by atoms with Crippen molar-refractivity contribution in [3.05, 3.63) is 54.2 Å². The number of carbonyl (C=O) groups excluding carboxylic acids is 1. The highest BCUT2D eigenvalue weighted by molar-refractivity contribution is 7.92. The zero-order chi connectivity index (χ0) is 18.4. The van der Waals surface area contributed by atoms with Gasteiger partial charge in [0.2, 0.25) is 5.95 Å². The average Bonchev–Trinajstić information content (AvgIpc) is 2.55. The number of allylic oxidation sites excluding steroid dienone is 2. The quantitative estimate of drug-likeness (QED) is 0.461. The number of aliphatic hydroxyl groups is 1. The number of aromatic nitrogens is 2. The van der Waals surface area contributed by atoms with E-state index in [1.165, 1.54) is 50.5 Å². The van der Waals surface area contributed by atoms with Gasteiger partial charge in [-0.05, 0) is 37.3 Å². The smallest absolute Gasteiger partial charge is 0.264 e. The van der Waals surface area contributed by atoms with Gasteiger partial charge in [0.15, 0.2) is 11.5 Å². The second-order valence-corrected chi connectivity index (χ2v) is 6.54. The molecule has 0 radical (unpaired) electrons. The van der Waals surface area contributed by atoms with Crippen LogP contribution in [0.25, 0.3) is 0 Å². The van der Waals surface area contributed by atoms with Gasteiger partial charge < -0.3 is 5.11 Å². The Morgan fingerprint density at radius 3 is 2.24 bits per heavy atom. The van der Waals surface area contributed by atoms with Crippen molar-refractivity contribution in [2.75, 3.05) is 4.72 Å². The van der Waals surface area contributed by atoms with Crippen molar-refractivity contribution >= 4 is 27.4 Å². The minimum Gasteiger partial charge on any atom is -0.510 e. The summed E-state index contributed by atoms with van der Waals surface area (Å²) in [7, 11) is -3.84. The molecule has 0 amide bonds. The maximum atomic E-state index is 12.2. The molecule has 0 unspecified atom stereocenters.